The minimum Gasteiger partial charge on any atom is -0.455 e. The average molecular weight is 293 g/mol. The van der Waals surface area contributed by atoms with E-state index in [2.05, 4.69) is 5.32 Å². The molecule has 3 nitrogen and oxygen atoms in total. The van der Waals surface area contributed by atoms with Gasteiger partial charge >= 0.3 is 0 Å². The molecule has 106 valence electrons. The zero-order chi connectivity index (χ0) is 13.8. The third kappa shape index (κ3) is 3.42. The zero-order valence-electron chi connectivity index (χ0n) is 11.3. The molecule has 2 aromatic rings. The topological polar surface area (TPSA) is 39.0 Å². The van der Waals surface area contributed by atoms with Crippen molar-refractivity contribution < 1.29 is 14.5 Å². The summed E-state index contributed by atoms with van der Waals surface area (Å²) in [6.07, 6.45) is 2.79. The van der Waals surface area contributed by atoms with Crippen molar-refractivity contribution in [2.45, 2.75) is 25.5 Å². The molecule has 1 aliphatic rings. The summed E-state index contributed by atoms with van der Waals surface area (Å²) in [6.45, 7) is 2.77. The van der Waals surface area contributed by atoms with Crippen LogP contribution in [-0.4, -0.2) is 19.3 Å². The number of hydrogen-bond acceptors (Lipinski definition) is 2. The summed E-state index contributed by atoms with van der Waals surface area (Å²) in [4.78, 5) is 0. The van der Waals surface area contributed by atoms with Gasteiger partial charge in [-0.3, -0.25) is 0 Å². The van der Waals surface area contributed by atoms with Crippen molar-refractivity contribution in [2.24, 2.45) is 0 Å². The monoisotopic (exact) mass is 292 g/mol. The summed E-state index contributed by atoms with van der Waals surface area (Å²) in [5.41, 5.74) is 1.02. The molecule has 1 aromatic heterocycles. The molecule has 1 aliphatic heterocycles. The molecule has 1 fully saturated rings. The van der Waals surface area contributed by atoms with Gasteiger partial charge in [0.15, 0.2) is 5.76 Å². The lowest BCUT2D eigenvalue weighted by Crippen LogP contribution is -2.84. The van der Waals surface area contributed by atoms with E-state index >= 15 is 0 Å². The Morgan fingerprint density at radius 2 is 2.20 bits per heavy atom. The van der Waals surface area contributed by atoms with Crippen molar-refractivity contribution in [1.29, 1.82) is 0 Å². The Bertz CT molecular complexity index is 561. The Morgan fingerprint density at radius 3 is 3.00 bits per heavy atom. The molecule has 4 heteroatoms. The molecule has 0 amide bonds. The fourth-order valence-corrected chi connectivity index (χ4v) is 2.72. The molecule has 0 unspecified atom stereocenters. The van der Waals surface area contributed by atoms with Gasteiger partial charge in [-0.15, -0.1) is 0 Å². The summed E-state index contributed by atoms with van der Waals surface area (Å²) < 4.78 is 11.5. The number of benzene rings is 1. The largest absolute Gasteiger partial charge is 0.455 e. The van der Waals surface area contributed by atoms with Crippen molar-refractivity contribution in [2.75, 3.05) is 13.2 Å². The first kappa shape index (κ1) is 13.7. The second-order valence-electron chi connectivity index (χ2n) is 5.14. The maximum Gasteiger partial charge on any atom is 0.158 e. The predicted molar refractivity (Wildman–Crippen MR) is 78.6 cm³/mol. The van der Waals surface area contributed by atoms with E-state index in [1.165, 1.54) is 12.8 Å². The van der Waals surface area contributed by atoms with Crippen LogP contribution in [0.25, 0.3) is 11.3 Å². The molecule has 2 heterocycles. The fraction of sp³-hybridized carbons (Fsp3) is 0.375. The second-order valence-corrected chi connectivity index (χ2v) is 5.58. The third-order valence-electron chi connectivity index (χ3n) is 3.57. The lowest BCUT2D eigenvalue weighted by molar-refractivity contribution is -0.677. The van der Waals surface area contributed by atoms with E-state index in [0.29, 0.717) is 6.10 Å². The zero-order valence-corrected chi connectivity index (χ0v) is 12.1. The first-order valence-corrected chi connectivity index (χ1v) is 7.47. The molecule has 1 atom stereocenters. The van der Waals surface area contributed by atoms with Gasteiger partial charge in [0.25, 0.3) is 0 Å². The van der Waals surface area contributed by atoms with E-state index in [0.717, 1.165) is 41.8 Å². The number of rotatable bonds is 5. The van der Waals surface area contributed by atoms with E-state index in [1.54, 1.807) is 0 Å². The van der Waals surface area contributed by atoms with E-state index in [1.807, 2.05) is 36.4 Å². The number of quaternary nitrogens is 1. The quantitative estimate of drug-likeness (QED) is 0.920. The minimum atomic E-state index is 0.414. The van der Waals surface area contributed by atoms with Crippen molar-refractivity contribution in [3.05, 3.63) is 47.2 Å². The highest BCUT2D eigenvalue weighted by molar-refractivity contribution is 6.30. The smallest absolute Gasteiger partial charge is 0.158 e. The molecule has 0 aliphatic carbocycles. The molecule has 0 radical (unpaired) electrons. The lowest BCUT2D eigenvalue weighted by Gasteiger charge is -2.06. The van der Waals surface area contributed by atoms with Crippen molar-refractivity contribution in [1.82, 2.24) is 0 Å². The Hall–Kier alpha value is -1.29. The Balaban J connectivity index is 1.56. The highest BCUT2D eigenvalue weighted by atomic mass is 35.5. The maximum absolute atomic E-state index is 6.00. The van der Waals surface area contributed by atoms with Crippen molar-refractivity contribution in [3.8, 4) is 11.3 Å². The maximum atomic E-state index is 6.00. The van der Waals surface area contributed by atoms with Crippen LogP contribution >= 0.6 is 11.6 Å². The standard InChI is InChI=1S/C16H18ClNO2/c17-13-4-1-3-12(9-13)16-7-6-15(20-16)11-18-10-14-5-2-8-19-14/h1,3-4,6-7,9,14,18H,2,5,8,10-11H2/p+1/t14-/m0/s1. The summed E-state index contributed by atoms with van der Waals surface area (Å²) in [7, 11) is 0. The number of ether oxygens (including phenoxy) is 1. The van der Waals surface area contributed by atoms with Crippen molar-refractivity contribution in [3.63, 3.8) is 0 Å². The van der Waals surface area contributed by atoms with E-state index in [-0.39, 0.29) is 0 Å². The van der Waals surface area contributed by atoms with Crippen LogP contribution in [0.15, 0.2) is 40.8 Å². The molecule has 0 saturated carbocycles. The summed E-state index contributed by atoms with van der Waals surface area (Å²) in [5, 5.41) is 2.97. The Labute approximate surface area is 123 Å². The van der Waals surface area contributed by atoms with Gasteiger partial charge in [0, 0.05) is 17.2 Å². The Kier molecular flexibility index (Phi) is 4.41. The van der Waals surface area contributed by atoms with Gasteiger partial charge < -0.3 is 14.5 Å². The molecule has 3 rings (SSSR count). The fourth-order valence-electron chi connectivity index (χ4n) is 2.53. The summed E-state index contributed by atoms with van der Waals surface area (Å²) >= 11 is 6.00. The predicted octanol–water partition coefficient (Wildman–Crippen LogP) is 2.84. The van der Waals surface area contributed by atoms with Crippen LogP contribution in [-0.2, 0) is 11.3 Å². The van der Waals surface area contributed by atoms with Crippen LogP contribution in [0.1, 0.15) is 18.6 Å². The molecule has 20 heavy (non-hydrogen) atoms. The normalized spacial score (nSPS) is 18.6. The number of furan rings is 1. The van der Waals surface area contributed by atoms with Gasteiger partial charge in [0.2, 0.25) is 0 Å². The molecule has 1 aromatic carbocycles. The van der Waals surface area contributed by atoms with Gasteiger partial charge in [-0.1, -0.05) is 23.7 Å². The van der Waals surface area contributed by atoms with Crippen LogP contribution in [0.3, 0.4) is 0 Å². The summed E-state index contributed by atoms with van der Waals surface area (Å²) in [6, 6.07) is 11.8. The van der Waals surface area contributed by atoms with Crippen LogP contribution in [0.4, 0.5) is 0 Å². The first-order valence-electron chi connectivity index (χ1n) is 7.09. The van der Waals surface area contributed by atoms with Crippen LogP contribution < -0.4 is 5.32 Å². The lowest BCUT2D eigenvalue weighted by atomic mass is 10.2. The molecule has 0 bridgehead atoms. The van der Waals surface area contributed by atoms with E-state index < -0.39 is 0 Å². The molecular weight excluding hydrogens is 274 g/mol. The number of hydrogen-bond donors (Lipinski definition) is 1. The molecular formula is C16H19ClNO2+. The van der Waals surface area contributed by atoms with E-state index in [4.69, 9.17) is 20.8 Å². The Morgan fingerprint density at radius 1 is 1.25 bits per heavy atom. The second kappa shape index (κ2) is 6.44. The number of nitrogens with two attached hydrogens (primary N) is 1. The van der Waals surface area contributed by atoms with E-state index in [9.17, 15) is 0 Å². The average Bonchev–Trinajstić information content (AvgIpc) is 3.10. The molecule has 2 N–H and O–H groups in total. The molecule has 1 saturated heterocycles. The van der Waals surface area contributed by atoms with Gasteiger partial charge in [0.1, 0.15) is 25.0 Å². The highest BCUT2D eigenvalue weighted by Gasteiger charge is 2.17. The number of halogens is 1. The van der Waals surface area contributed by atoms with Crippen LogP contribution in [0.2, 0.25) is 5.02 Å². The minimum absolute atomic E-state index is 0.414. The third-order valence-corrected chi connectivity index (χ3v) is 3.80. The first-order chi connectivity index (χ1) is 9.81. The molecule has 0 spiro atoms. The van der Waals surface area contributed by atoms with Crippen LogP contribution in [0.5, 0.6) is 0 Å². The van der Waals surface area contributed by atoms with Gasteiger partial charge in [-0.25, -0.2) is 0 Å². The SMILES string of the molecule is Clc1cccc(-c2ccc(C[NH2+]C[C@@H]3CCCO3)o2)c1. The van der Waals surface area contributed by atoms with Gasteiger partial charge in [-0.05, 0) is 37.1 Å². The van der Waals surface area contributed by atoms with Gasteiger partial charge in [0.05, 0.1) is 0 Å². The van der Waals surface area contributed by atoms with Gasteiger partial charge in [-0.2, -0.15) is 0 Å². The highest BCUT2D eigenvalue weighted by Crippen LogP contribution is 2.24. The van der Waals surface area contributed by atoms with Crippen molar-refractivity contribution >= 4 is 11.6 Å². The van der Waals surface area contributed by atoms with Crippen LogP contribution in [0, 0.1) is 0 Å². The summed E-state index contributed by atoms with van der Waals surface area (Å²) in [5.74, 6) is 1.85.